The Hall–Kier alpha value is -2.79. The maximum Gasteiger partial charge on any atom is 0.289 e. The molecule has 4 heterocycles. The SMILES string of the molecule is O=C(c1ccc(NC2=N[C@H]3CS(=O)(=O)C[C@H]3S2)cc1)N1CCN(C(=O)c2ccco2)CC1. The molecule has 32 heavy (non-hydrogen) atoms. The lowest BCUT2D eigenvalue weighted by molar-refractivity contribution is 0.0518. The quantitative estimate of drug-likeness (QED) is 0.718. The molecule has 11 heteroatoms. The van der Waals surface area contributed by atoms with Gasteiger partial charge < -0.3 is 19.5 Å². The van der Waals surface area contributed by atoms with Crippen molar-refractivity contribution in [2.75, 3.05) is 43.0 Å². The number of nitrogens with zero attached hydrogens (tertiary/aromatic N) is 3. The molecule has 0 saturated carbocycles. The van der Waals surface area contributed by atoms with Gasteiger partial charge in [-0.25, -0.2) is 8.42 Å². The first-order chi connectivity index (χ1) is 15.4. The number of hydrogen-bond donors (Lipinski definition) is 1. The first kappa shape index (κ1) is 21.1. The summed E-state index contributed by atoms with van der Waals surface area (Å²) in [6.45, 7) is 1.84. The van der Waals surface area contributed by atoms with Gasteiger partial charge in [-0.1, -0.05) is 11.8 Å². The van der Waals surface area contributed by atoms with Crippen LogP contribution >= 0.6 is 11.8 Å². The number of sulfone groups is 1. The number of aliphatic imine (C=N–C) groups is 1. The van der Waals surface area contributed by atoms with Crippen molar-refractivity contribution in [2.45, 2.75) is 11.3 Å². The fraction of sp³-hybridized carbons (Fsp3) is 0.381. The monoisotopic (exact) mass is 474 g/mol. The van der Waals surface area contributed by atoms with Gasteiger partial charge in [-0.15, -0.1) is 0 Å². The molecule has 0 radical (unpaired) electrons. The third kappa shape index (κ3) is 4.26. The lowest BCUT2D eigenvalue weighted by atomic mass is 10.1. The molecule has 9 nitrogen and oxygen atoms in total. The second kappa shape index (κ2) is 8.28. The van der Waals surface area contributed by atoms with E-state index in [1.165, 1.54) is 18.0 Å². The molecular weight excluding hydrogens is 452 g/mol. The Kier molecular flexibility index (Phi) is 5.46. The zero-order chi connectivity index (χ0) is 22.3. The third-order valence-electron chi connectivity index (χ3n) is 5.79. The van der Waals surface area contributed by atoms with Crippen molar-refractivity contribution in [2.24, 2.45) is 4.99 Å². The molecule has 3 aliphatic rings. The Morgan fingerprint density at radius 2 is 1.69 bits per heavy atom. The number of fused-ring (bicyclic) bond motifs is 1. The number of thioether (sulfide) groups is 1. The van der Waals surface area contributed by atoms with Crippen molar-refractivity contribution >= 4 is 44.3 Å². The van der Waals surface area contributed by atoms with Crippen molar-refractivity contribution in [3.8, 4) is 0 Å². The fourth-order valence-corrected chi connectivity index (χ4v) is 7.76. The van der Waals surface area contributed by atoms with Crippen molar-refractivity contribution in [1.29, 1.82) is 0 Å². The van der Waals surface area contributed by atoms with Crippen LogP contribution in [0.3, 0.4) is 0 Å². The van der Waals surface area contributed by atoms with Crippen LogP contribution in [0.1, 0.15) is 20.9 Å². The van der Waals surface area contributed by atoms with E-state index in [4.69, 9.17) is 4.42 Å². The number of carbonyl (C=O) groups is 2. The number of anilines is 1. The van der Waals surface area contributed by atoms with Gasteiger partial charge in [-0.05, 0) is 36.4 Å². The van der Waals surface area contributed by atoms with Crippen LogP contribution in [-0.4, -0.2) is 84.2 Å². The molecule has 0 spiro atoms. The summed E-state index contributed by atoms with van der Waals surface area (Å²) in [7, 11) is -2.97. The lowest BCUT2D eigenvalue weighted by Gasteiger charge is -2.34. The minimum atomic E-state index is -2.97. The largest absolute Gasteiger partial charge is 0.459 e. The van der Waals surface area contributed by atoms with Crippen LogP contribution < -0.4 is 5.32 Å². The number of hydrogen-bond acceptors (Lipinski definition) is 8. The second-order valence-corrected chi connectivity index (χ2v) is 11.4. The zero-order valence-electron chi connectivity index (χ0n) is 17.1. The normalized spacial score (nSPS) is 24.2. The Labute approximate surface area is 189 Å². The molecule has 2 saturated heterocycles. The molecular formula is C21H22N4O5S2. The Bertz CT molecular complexity index is 1150. The summed E-state index contributed by atoms with van der Waals surface area (Å²) in [5.74, 6) is 0.359. The molecule has 1 N–H and O–H groups in total. The molecule has 1 aromatic carbocycles. The average Bonchev–Trinajstić information content (AvgIpc) is 3.49. The highest BCUT2D eigenvalue weighted by molar-refractivity contribution is 8.15. The van der Waals surface area contributed by atoms with Gasteiger partial charge in [0.2, 0.25) is 0 Å². The van der Waals surface area contributed by atoms with Crippen LogP contribution in [0.25, 0.3) is 0 Å². The molecule has 2 aromatic rings. The minimum Gasteiger partial charge on any atom is -0.459 e. The van der Waals surface area contributed by atoms with E-state index >= 15 is 0 Å². The Morgan fingerprint density at radius 1 is 1.00 bits per heavy atom. The summed E-state index contributed by atoms with van der Waals surface area (Å²) < 4.78 is 28.5. The summed E-state index contributed by atoms with van der Waals surface area (Å²) in [5.41, 5.74) is 1.37. The van der Waals surface area contributed by atoms with Crippen LogP contribution in [0.15, 0.2) is 52.1 Å². The number of amides is 2. The minimum absolute atomic E-state index is 0.0123. The number of piperazine rings is 1. The van der Waals surface area contributed by atoms with E-state index in [0.29, 0.717) is 42.7 Å². The van der Waals surface area contributed by atoms with Crippen LogP contribution in [0, 0.1) is 0 Å². The smallest absolute Gasteiger partial charge is 0.289 e. The van der Waals surface area contributed by atoms with Crippen LogP contribution in [-0.2, 0) is 9.84 Å². The number of amidine groups is 1. The topological polar surface area (TPSA) is 112 Å². The first-order valence-electron chi connectivity index (χ1n) is 10.3. The molecule has 2 fully saturated rings. The molecule has 0 bridgehead atoms. The molecule has 1 aromatic heterocycles. The van der Waals surface area contributed by atoms with Gasteiger partial charge >= 0.3 is 0 Å². The van der Waals surface area contributed by atoms with E-state index in [2.05, 4.69) is 10.3 Å². The number of nitrogens with one attached hydrogen (secondary N) is 1. The van der Waals surface area contributed by atoms with Gasteiger partial charge in [0.1, 0.15) is 0 Å². The fourth-order valence-electron chi connectivity index (χ4n) is 4.09. The first-order valence-corrected chi connectivity index (χ1v) is 13.0. The molecule has 2 amide bonds. The molecule has 2 atom stereocenters. The summed E-state index contributed by atoms with van der Waals surface area (Å²) in [6, 6.07) is 10.3. The van der Waals surface area contributed by atoms with Gasteiger partial charge in [0, 0.05) is 42.7 Å². The predicted octanol–water partition coefficient (Wildman–Crippen LogP) is 1.56. The van der Waals surface area contributed by atoms with E-state index in [-0.39, 0.29) is 34.6 Å². The predicted molar refractivity (Wildman–Crippen MR) is 122 cm³/mol. The van der Waals surface area contributed by atoms with E-state index in [1.54, 1.807) is 34.1 Å². The van der Waals surface area contributed by atoms with Gasteiger partial charge in [-0.2, -0.15) is 0 Å². The van der Waals surface area contributed by atoms with Crippen molar-refractivity contribution in [1.82, 2.24) is 9.80 Å². The highest BCUT2D eigenvalue weighted by Crippen LogP contribution is 2.34. The van der Waals surface area contributed by atoms with Gasteiger partial charge in [0.15, 0.2) is 20.8 Å². The molecule has 3 aliphatic heterocycles. The summed E-state index contributed by atoms with van der Waals surface area (Å²) in [6.07, 6.45) is 1.47. The van der Waals surface area contributed by atoms with Crippen molar-refractivity contribution in [3.05, 3.63) is 54.0 Å². The summed E-state index contributed by atoms with van der Waals surface area (Å²) in [5, 5.41) is 3.92. The summed E-state index contributed by atoms with van der Waals surface area (Å²) >= 11 is 1.46. The molecule has 5 rings (SSSR count). The molecule has 168 valence electrons. The van der Waals surface area contributed by atoms with E-state index in [0.717, 1.165) is 5.69 Å². The lowest BCUT2D eigenvalue weighted by Crippen LogP contribution is -2.50. The molecule has 0 aliphatic carbocycles. The van der Waals surface area contributed by atoms with Gasteiger partial charge in [0.25, 0.3) is 11.8 Å². The standard InChI is InChI=1S/C21H22N4O5S2/c26-19(24-7-9-25(10-8-24)20(27)17-2-1-11-30-17)14-3-5-15(6-4-14)22-21-23-16-12-32(28,29)13-18(16)31-21/h1-6,11,16,18H,7-10,12-13H2,(H,22,23)/t16-,18+/m0/s1. The molecule has 0 unspecified atom stereocenters. The maximum atomic E-state index is 12.9. The number of rotatable bonds is 3. The highest BCUT2D eigenvalue weighted by Gasteiger charge is 2.42. The van der Waals surface area contributed by atoms with Crippen LogP contribution in [0.5, 0.6) is 0 Å². The number of benzene rings is 1. The summed E-state index contributed by atoms with van der Waals surface area (Å²) in [4.78, 5) is 33.1. The number of carbonyl (C=O) groups excluding carboxylic acids is 2. The highest BCUT2D eigenvalue weighted by atomic mass is 32.2. The zero-order valence-corrected chi connectivity index (χ0v) is 18.8. The van der Waals surface area contributed by atoms with Gasteiger partial charge in [0.05, 0.1) is 23.8 Å². The van der Waals surface area contributed by atoms with Gasteiger partial charge in [-0.3, -0.25) is 14.6 Å². The van der Waals surface area contributed by atoms with Crippen molar-refractivity contribution in [3.63, 3.8) is 0 Å². The average molecular weight is 475 g/mol. The van der Waals surface area contributed by atoms with E-state index < -0.39 is 9.84 Å². The van der Waals surface area contributed by atoms with Crippen molar-refractivity contribution < 1.29 is 22.4 Å². The second-order valence-electron chi connectivity index (χ2n) is 8.00. The maximum absolute atomic E-state index is 12.9. The Morgan fingerprint density at radius 3 is 2.31 bits per heavy atom. The Balaban J connectivity index is 1.15. The third-order valence-corrected chi connectivity index (χ3v) is 8.93. The van der Waals surface area contributed by atoms with E-state index in [9.17, 15) is 18.0 Å². The van der Waals surface area contributed by atoms with E-state index in [1.807, 2.05) is 12.1 Å². The number of furan rings is 1. The van der Waals surface area contributed by atoms with Crippen LogP contribution in [0.4, 0.5) is 5.69 Å². The van der Waals surface area contributed by atoms with Crippen LogP contribution in [0.2, 0.25) is 0 Å².